The van der Waals surface area contributed by atoms with Crippen LogP contribution in [0.5, 0.6) is 0 Å². The van der Waals surface area contributed by atoms with Crippen LogP contribution < -0.4 is 11.3 Å². The van der Waals surface area contributed by atoms with Crippen LogP contribution in [0, 0.1) is 0 Å². The second kappa shape index (κ2) is 4.84. The molecule has 0 spiro atoms. The topological polar surface area (TPSA) is 101 Å². The summed E-state index contributed by atoms with van der Waals surface area (Å²) >= 11 is 3.35. The average molecular weight is 378 g/mol. The summed E-state index contributed by atoms with van der Waals surface area (Å²) in [5.41, 5.74) is 5.06. The van der Waals surface area contributed by atoms with E-state index in [0.717, 1.165) is 4.47 Å². The predicted molar refractivity (Wildman–Crippen MR) is 90.2 cm³/mol. The minimum Gasteiger partial charge on any atom is -0.386 e. The Hall–Kier alpha value is -0.830. The summed E-state index contributed by atoms with van der Waals surface area (Å²) in [4.78, 5) is 16.8. The molecule has 1 aromatic rings. The Labute approximate surface area is 133 Å². The fourth-order valence-corrected chi connectivity index (χ4v) is 4.65. The van der Waals surface area contributed by atoms with Gasteiger partial charge < -0.3 is 10.3 Å². The molecule has 2 heterocycles. The van der Waals surface area contributed by atoms with Gasteiger partial charge in [-0.05, 0) is 42.8 Å². The molecule has 0 aliphatic carbocycles. The number of hydrogen-bond acceptors (Lipinski definition) is 5. The van der Waals surface area contributed by atoms with Crippen LogP contribution in [-0.2, 0) is 12.6 Å². The van der Waals surface area contributed by atoms with Crippen molar-refractivity contribution in [1.29, 1.82) is 0 Å². The van der Waals surface area contributed by atoms with Crippen molar-refractivity contribution >= 4 is 32.4 Å². The van der Waals surface area contributed by atoms with Crippen molar-refractivity contribution in [2.24, 2.45) is 17.8 Å². The van der Waals surface area contributed by atoms with Crippen molar-refractivity contribution in [3.05, 3.63) is 32.7 Å². The molecule has 1 unspecified atom stereocenters. The average Bonchev–Trinajstić information content (AvgIpc) is 2.30. The highest BCUT2D eigenvalue weighted by Crippen LogP contribution is 2.58. The summed E-state index contributed by atoms with van der Waals surface area (Å²) in [6.07, 6.45) is 1.65. The van der Waals surface area contributed by atoms with Gasteiger partial charge in [0.15, 0.2) is 0 Å². The highest BCUT2D eigenvalue weighted by Gasteiger charge is 2.49. The Morgan fingerprint density at radius 2 is 2.00 bits per heavy atom. The van der Waals surface area contributed by atoms with E-state index in [1.54, 1.807) is 40.1 Å². The molecule has 0 amide bonds. The van der Waals surface area contributed by atoms with Gasteiger partial charge in [-0.3, -0.25) is 18.9 Å². The van der Waals surface area contributed by atoms with Crippen LogP contribution in [0.15, 0.2) is 26.5 Å². The van der Waals surface area contributed by atoms with Crippen LogP contribution in [-0.4, -0.2) is 30.0 Å². The molecule has 21 heavy (non-hydrogen) atoms. The minimum absolute atomic E-state index is 0.0284. The Kier molecular flexibility index (Phi) is 3.81. The summed E-state index contributed by atoms with van der Waals surface area (Å²) < 4.78 is 22.1. The molecule has 1 aromatic heterocycles. The summed E-state index contributed by atoms with van der Waals surface area (Å²) in [7, 11) is -1.39. The molecule has 4 N–H and O–H groups in total. The van der Waals surface area contributed by atoms with E-state index in [0.29, 0.717) is 5.56 Å². The van der Waals surface area contributed by atoms with E-state index in [-0.39, 0.29) is 17.1 Å². The lowest BCUT2D eigenvalue weighted by molar-refractivity contribution is 0.422. The molecule has 0 bridgehead atoms. The molecular weight excluding hydrogens is 358 g/mol. The number of amidine groups is 1. The number of aliphatic imine (C=N–C) groups is 1. The Bertz CT molecular complexity index is 684. The number of pyridine rings is 1. The van der Waals surface area contributed by atoms with Crippen LogP contribution in [0.3, 0.4) is 0 Å². The Morgan fingerprint density at radius 1 is 1.43 bits per heavy atom. The second-order valence-corrected chi connectivity index (χ2v) is 9.64. The van der Waals surface area contributed by atoms with E-state index in [4.69, 9.17) is 5.73 Å². The number of halogens is 1. The van der Waals surface area contributed by atoms with Crippen LogP contribution in [0.25, 0.3) is 0 Å². The number of nitrogens with two attached hydrogens (primary N) is 1. The van der Waals surface area contributed by atoms with Gasteiger partial charge in [0.2, 0.25) is 0 Å². The molecule has 0 saturated heterocycles. The normalized spacial score (nSPS) is 28.8. The summed E-state index contributed by atoms with van der Waals surface area (Å²) in [5.74, 6) is 0.123. The third-order valence-corrected chi connectivity index (χ3v) is 7.26. The standard InChI is InChI=1S/C13H20BrN3O3S/c1-12(2)11(15)16-13(3,7-21(12,19)20)9-5-8(14)6-17(4)10(9)18/h5-6,19-20H,7H2,1-4H3,(H2,15,16). The van der Waals surface area contributed by atoms with Gasteiger partial charge in [-0.25, -0.2) is 0 Å². The molecule has 8 heteroatoms. The molecule has 6 nitrogen and oxygen atoms in total. The van der Waals surface area contributed by atoms with Crippen LogP contribution in [0.4, 0.5) is 0 Å². The number of aromatic nitrogens is 1. The van der Waals surface area contributed by atoms with Crippen LogP contribution in [0.1, 0.15) is 26.3 Å². The second-order valence-electron chi connectivity index (χ2n) is 6.08. The predicted octanol–water partition coefficient (Wildman–Crippen LogP) is 2.26. The van der Waals surface area contributed by atoms with Crippen molar-refractivity contribution < 1.29 is 9.11 Å². The Balaban J connectivity index is 2.70. The molecular formula is C13H20BrN3O3S. The first-order valence-electron chi connectivity index (χ1n) is 6.39. The lowest BCUT2D eigenvalue weighted by Gasteiger charge is -2.53. The first kappa shape index (κ1) is 16.5. The summed E-state index contributed by atoms with van der Waals surface area (Å²) in [5, 5.41) is 0. The van der Waals surface area contributed by atoms with Crippen molar-refractivity contribution in [3.63, 3.8) is 0 Å². The quantitative estimate of drug-likeness (QED) is 0.698. The van der Waals surface area contributed by atoms with Gasteiger partial charge in [0, 0.05) is 23.3 Å². The fraction of sp³-hybridized carbons (Fsp3) is 0.538. The monoisotopic (exact) mass is 377 g/mol. The zero-order valence-corrected chi connectivity index (χ0v) is 14.8. The molecule has 1 aliphatic rings. The first-order valence-corrected chi connectivity index (χ1v) is 8.89. The Morgan fingerprint density at radius 3 is 2.52 bits per heavy atom. The van der Waals surface area contributed by atoms with Gasteiger partial charge in [0.25, 0.3) is 5.56 Å². The van der Waals surface area contributed by atoms with Crippen molar-refractivity contribution in [1.82, 2.24) is 4.57 Å². The van der Waals surface area contributed by atoms with Gasteiger partial charge >= 0.3 is 0 Å². The van der Waals surface area contributed by atoms with Crippen molar-refractivity contribution in [2.75, 3.05) is 5.75 Å². The lowest BCUT2D eigenvalue weighted by Crippen LogP contribution is -2.53. The smallest absolute Gasteiger partial charge is 0.256 e. The summed E-state index contributed by atoms with van der Waals surface area (Å²) in [6, 6.07) is 1.66. The maximum absolute atomic E-state index is 12.4. The highest BCUT2D eigenvalue weighted by molar-refractivity contribution is 9.10. The van der Waals surface area contributed by atoms with Gasteiger partial charge in [0.1, 0.15) is 16.1 Å². The van der Waals surface area contributed by atoms with E-state index in [2.05, 4.69) is 20.9 Å². The molecule has 0 aromatic carbocycles. The van der Waals surface area contributed by atoms with Gasteiger partial charge in [0.05, 0.1) is 5.75 Å². The summed E-state index contributed by atoms with van der Waals surface area (Å²) in [6.45, 7) is 5.01. The van der Waals surface area contributed by atoms with Gasteiger partial charge in [-0.1, -0.05) is 0 Å². The number of aryl methyl sites for hydroxylation is 1. The maximum Gasteiger partial charge on any atom is 0.256 e. The maximum atomic E-state index is 12.4. The number of rotatable bonds is 1. The van der Waals surface area contributed by atoms with E-state index >= 15 is 0 Å². The van der Waals surface area contributed by atoms with Crippen LogP contribution in [0.2, 0.25) is 0 Å². The van der Waals surface area contributed by atoms with Gasteiger partial charge in [-0.15, -0.1) is 0 Å². The molecule has 118 valence electrons. The van der Waals surface area contributed by atoms with Crippen molar-refractivity contribution in [3.8, 4) is 0 Å². The first-order chi connectivity index (χ1) is 9.41. The highest BCUT2D eigenvalue weighted by atomic mass is 79.9. The van der Waals surface area contributed by atoms with Crippen LogP contribution >= 0.6 is 26.5 Å². The van der Waals surface area contributed by atoms with Crippen molar-refractivity contribution in [2.45, 2.75) is 31.1 Å². The molecule has 0 fully saturated rings. The minimum atomic E-state index is -3.03. The van der Waals surface area contributed by atoms with E-state index in [9.17, 15) is 13.9 Å². The SMILES string of the molecule is Cn1cc(Br)cc(C2(C)CS(O)(O)C(C)(C)C(N)=N2)c1=O. The fourth-order valence-electron chi connectivity index (χ4n) is 2.37. The number of nitrogens with zero attached hydrogens (tertiary/aromatic N) is 2. The third-order valence-electron chi connectivity index (χ3n) is 4.01. The van der Waals surface area contributed by atoms with Gasteiger partial charge in [-0.2, -0.15) is 10.6 Å². The van der Waals surface area contributed by atoms with E-state index in [1.807, 2.05) is 0 Å². The van der Waals surface area contributed by atoms with E-state index in [1.165, 1.54) is 4.57 Å². The zero-order chi connectivity index (χ0) is 16.2. The largest absolute Gasteiger partial charge is 0.386 e. The molecule has 2 rings (SSSR count). The molecule has 1 aliphatic heterocycles. The molecule has 1 atom stereocenters. The zero-order valence-electron chi connectivity index (χ0n) is 12.4. The molecule has 0 saturated carbocycles. The number of hydrogen-bond donors (Lipinski definition) is 3. The third kappa shape index (κ3) is 2.54. The molecule has 0 radical (unpaired) electrons. The lowest BCUT2D eigenvalue weighted by atomic mass is 9.95. The van der Waals surface area contributed by atoms with E-state index < -0.39 is 20.9 Å².